The van der Waals surface area contributed by atoms with Crippen LogP contribution in [-0.2, 0) is 14.3 Å². The Labute approximate surface area is 227 Å². The van der Waals surface area contributed by atoms with Crippen molar-refractivity contribution < 1.29 is 23.7 Å². The molecule has 38 heavy (non-hydrogen) atoms. The lowest BCUT2D eigenvalue weighted by Crippen LogP contribution is -2.14. The molecule has 0 bridgehead atoms. The molecule has 11 heteroatoms. The molecule has 2 aromatic carbocycles. The number of nitrogens with one attached hydrogen (secondary N) is 2. The Morgan fingerprint density at radius 2 is 1.84 bits per heavy atom. The lowest BCUT2D eigenvalue weighted by atomic mass is 10.1. The smallest absolute Gasteiger partial charge is 0.248 e. The molecular weight excluding hydrogens is 510 g/mol. The van der Waals surface area contributed by atoms with Crippen LogP contribution in [0, 0.1) is 0 Å². The third kappa shape index (κ3) is 8.84. The Bertz CT molecular complexity index is 1240. The van der Waals surface area contributed by atoms with E-state index < -0.39 is 0 Å². The van der Waals surface area contributed by atoms with Gasteiger partial charge in [0, 0.05) is 43.5 Å². The predicted molar refractivity (Wildman–Crippen MR) is 150 cm³/mol. The van der Waals surface area contributed by atoms with Crippen LogP contribution >= 0.6 is 11.6 Å². The lowest BCUT2D eigenvalue weighted by Gasteiger charge is -2.15. The van der Waals surface area contributed by atoms with Crippen LogP contribution in [0.15, 0.2) is 48.8 Å². The Balaban J connectivity index is 1.88. The number of ether oxygens (including phenoxy) is 4. The number of likely N-dealkylation sites (N-methyl/N-ethyl adjacent to an activating group) is 1. The van der Waals surface area contributed by atoms with E-state index in [1.807, 2.05) is 32.0 Å². The topological polar surface area (TPSA) is 107 Å². The van der Waals surface area contributed by atoms with Gasteiger partial charge in [-0.1, -0.05) is 17.7 Å². The summed E-state index contributed by atoms with van der Waals surface area (Å²) in [6.45, 7) is 4.76. The molecule has 204 valence electrons. The van der Waals surface area contributed by atoms with Gasteiger partial charge in [0.2, 0.25) is 5.91 Å². The number of carbonyl (C=O) groups is 1. The summed E-state index contributed by atoms with van der Waals surface area (Å²) < 4.78 is 21.9. The van der Waals surface area contributed by atoms with E-state index in [4.69, 9.17) is 30.5 Å². The highest BCUT2D eigenvalue weighted by Gasteiger charge is 2.14. The number of carbonyl (C=O) groups excluding carboxylic acids is 1. The molecule has 3 aromatic rings. The highest BCUT2D eigenvalue weighted by Crippen LogP contribution is 2.34. The van der Waals surface area contributed by atoms with Crippen LogP contribution in [0.25, 0.3) is 10.9 Å². The number of anilines is 3. The molecule has 1 heterocycles. The van der Waals surface area contributed by atoms with Crippen molar-refractivity contribution in [1.82, 2.24) is 14.9 Å². The number of aromatic nitrogens is 2. The molecule has 0 saturated carbocycles. The van der Waals surface area contributed by atoms with Gasteiger partial charge in [-0.05, 0) is 45.3 Å². The zero-order chi connectivity index (χ0) is 27.3. The van der Waals surface area contributed by atoms with Crippen LogP contribution in [0.2, 0.25) is 5.02 Å². The molecule has 0 aliphatic carbocycles. The summed E-state index contributed by atoms with van der Waals surface area (Å²) in [4.78, 5) is 23.4. The van der Waals surface area contributed by atoms with Gasteiger partial charge in [0.05, 0.1) is 29.4 Å². The number of hydrogen-bond acceptors (Lipinski definition) is 9. The molecule has 2 N–H and O–H groups in total. The zero-order valence-corrected chi connectivity index (χ0v) is 22.9. The Kier molecular flexibility index (Phi) is 11.6. The summed E-state index contributed by atoms with van der Waals surface area (Å²) >= 11 is 6.41. The fourth-order valence-electron chi connectivity index (χ4n) is 3.37. The first-order valence-electron chi connectivity index (χ1n) is 12.2. The lowest BCUT2D eigenvalue weighted by molar-refractivity contribution is -0.111. The van der Waals surface area contributed by atoms with Crippen molar-refractivity contribution in [2.24, 2.45) is 0 Å². The maximum absolute atomic E-state index is 12.6. The first kappa shape index (κ1) is 29.1. The van der Waals surface area contributed by atoms with Crippen molar-refractivity contribution in [3.8, 4) is 11.5 Å². The van der Waals surface area contributed by atoms with E-state index in [1.165, 1.54) is 12.4 Å². The summed E-state index contributed by atoms with van der Waals surface area (Å²) in [5.74, 6) is 1.31. The monoisotopic (exact) mass is 543 g/mol. The van der Waals surface area contributed by atoms with Gasteiger partial charge < -0.3 is 34.5 Å². The van der Waals surface area contributed by atoms with Crippen molar-refractivity contribution in [1.29, 1.82) is 0 Å². The number of methoxy groups -OCH3 is 1. The normalized spacial score (nSPS) is 11.3. The number of halogens is 1. The van der Waals surface area contributed by atoms with Crippen LogP contribution in [0.3, 0.4) is 0 Å². The van der Waals surface area contributed by atoms with Gasteiger partial charge in [-0.15, -0.1) is 0 Å². The van der Waals surface area contributed by atoms with Gasteiger partial charge >= 0.3 is 0 Å². The predicted octanol–water partition coefficient (Wildman–Crippen LogP) is 4.52. The quantitative estimate of drug-likeness (QED) is 0.211. The van der Waals surface area contributed by atoms with E-state index in [9.17, 15) is 4.79 Å². The molecule has 1 amide bonds. The minimum atomic E-state index is -0.275. The number of hydrogen-bond donors (Lipinski definition) is 2. The summed E-state index contributed by atoms with van der Waals surface area (Å²) in [6.07, 6.45) is 4.74. The zero-order valence-electron chi connectivity index (χ0n) is 22.1. The van der Waals surface area contributed by atoms with Crippen LogP contribution in [-0.4, -0.2) is 81.6 Å². The average Bonchev–Trinajstić information content (AvgIpc) is 2.88. The van der Waals surface area contributed by atoms with Crippen LogP contribution in [0.1, 0.15) is 6.92 Å². The van der Waals surface area contributed by atoms with E-state index >= 15 is 0 Å². The Hall–Kier alpha value is -3.44. The highest BCUT2D eigenvalue weighted by atomic mass is 35.5. The van der Waals surface area contributed by atoms with Crippen LogP contribution in [0.5, 0.6) is 11.5 Å². The molecule has 0 aliphatic rings. The van der Waals surface area contributed by atoms with Crippen LogP contribution < -0.4 is 20.1 Å². The number of fused-ring (bicyclic) bond motifs is 1. The molecule has 1 aromatic heterocycles. The van der Waals surface area contributed by atoms with Gasteiger partial charge in [0.25, 0.3) is 0 Å². The Morgan fingerprint density at radius 1 is 1.05 bits per heavy atom. The first-order valence-corrected chi connectivity index (χ1v) is 12.6. The Morgan fingerprint density at radius 3 is 2.58 bits per heavy atom. The van der Waals surface area contributed by atoms with Crippen molar-refractivity contribution in [3.63, 3.8) is 0 Å². The molecule has 0 atom stereocenters. The SMILES string of the molecule is CCOCCOc1cc2ncnc(Nc3ccc(OCCOC)c(Cl)c3)c2cc1NC(=O)/C=C/CN(C)C. The van der Waals surface area contributed by atoms with Gasteiger partial charge in [-0.25, -0.2) is 9.97 Å². The second-order valence-corrected chi connectivity index (χ2v) is 8.81. The minimum Gasteiger partial charge on any atom is -0.490 e. The molecular formula is C27H34ClN5O5. The van der Waals surface area contributed by atoms with E-state index in [2.05, 4.69) is 20.6 Å². The largest absolute Gasteiger partial charge is 0.490 e. The molecule has 0 unspecified atom stereocenters. The number of benzene rings is 2. The molecule has 3 rings (SSSR count). The third-order valence-electron chi connectivity index (χ3n) is 5.16. The summed E-state index contributed by atoms with van der Waals surface area (Å²) in [5.41, 5.74) is 1.84. The van der Waals surface area contributed by atoms with Crippen molar-refractivity contribution >= 4 is 45.6 Å². The second-order valence-electron chi connectivity index (χ2n) is 8.40. The van der Waals surface area contributed by atoms with Crippen molar-refractivity contribution in [2.45, 2.75) is 6.92 Å². The molecule has 0 fully saturated rings. The first-order chi connectivity index (χ1) is 18.4. The molecule has 0 spiro atoms. The summed E-state index contributed by atoms with van der Waals surface area (Å²) in [5, 5.41) is 7.33. The molecule has 0 saturated heterocycles. The van der Waals surface area contributed by atoms with E-state index in [0.717, 1.165) is 0 Å². The van der Waals surface area contributed by atoms with E-state index in [-0.39, 0.29) is 5.91 Å². The van der Waals surface area contributed by atoms with Gasteiger partial charge in [-0.2, -0.15) is 0 Å². The molecule has 0 radical (unpaired) electrons. The van der Waals surface area contributed by atoms with Crippen molar-refractivity contribution in [3.05, 3.63) is 53.8 Å². The van der Waals surface area contributed by atoms with Gasteiger partial charge in [0.15, 0.2) is 0 Å². The number of amides is 1. The van der Waals surface area contributed by atoms with Crippen molar-refractivity contribution in [2.75, 3.05) is 71.4 Å². The summed E-state index contributed by atoms with van der Waals surface area (Å²) in [6, 6.07) is 8.93. The minimum absolute atomic E-state index is 0.275. The average molecular weight is 544 g/mol. The van der Waals surface area contributed by atoms with Crippen LogP contribution in [0.4, 0.5) is 17.2 Å². The highest BCUT2D eigenvalue weighted by molar-refractivity contribution is 6.32. The molecule has 0 aliphatic heterocycles. The number of rotatable bonds is 15. The standard InChI is InChI=1S/C27H34ClN5O5/c1-5-36-12-14-38-25-17-22-20(16-23(25)32-26(34)7-6-10-33(2)3)27(30-18-29-22)31-19-8-9-24(21(28)15-19)37-13-11-35-4/h6-9,15-18H,5,10-14H2,1-4H3,(H,32,34)(H,29,30,31)/b7-6+. The number of nitrogens with zero attached hydrogens (tertiary/aromatic N) is 3. The third-order valence-corrected chi connectivity index (χ3v) is 5.46. The fourth-order valence-corrected chi connectivity index (χ4v) is 3.60. The van der Waals surface area contributed by atoms with Gasteiger partial charge in [0.1, 0.15) is 36.9 Å². The second kappa shape index (κ2) is 15.1. The summed E-state index contributed by atoms with van der Waals surface area (Å²) in [7, 11) is 5.47. The van der Waals surface area contributed by atoms with E-state index in [0.29, 0.717) is 84.2 Å². The van der Waals surface area contributed by atoms with E-state index in [1.54, 1.807) is 37.5 Å². The maximum atomic E-state index is 12.6. The van der Waals surface area contributed by atoms with Gasteiger partial charge in [-0.3, -0.25) is 4.79 Å². The fraction of sp³-hybridized carbons (Fsp3) is 0.370. The maximum Gasteiger partial charge on any atom is 0.248 e. The molecule has 10 nitrogen and oxygen atoms in total.